The second-order valence-corrected chi connectivity index (χ2v) is 5.63. The van der Waals surface area contributed by atoms with Gasteiger partial charge in [-0.25, -0.2) is 0 Å². The van der Waals surface area contributed by atoms with Crippen molar-refractivity contribution in [1.82, 2.24) is 4.37 Å². The van der Waals surface area contributed by atoms with Gasteiger partial charge in [0.1, 0.15) is 11.1 Å². The molecule has 1 fully saturated rings. The number of ether oxygens (including phenoxy) is 2. The second kappa shape index (κ2) is 4.50. The summed E-state index contributed by atoms with van der Waals surface area (Å²) in [7, 11) is 0. The van der Waals surface area contributed by atoms with Gasteiger partial charge < -0.3 is 14.8 Å². The minimum absolute atomic E-state index is 0.0980. The predicted molar refractivity (Wildman–Crippen MR) is 73.0 cm³/mol. The molecule has 1 N–H and O–H groups in total. The van der Waals surface area contributed by atoms with Gasteiger partial charge in [-0.05, 0) is 37.5 Å². The molecule has 0 amide bonds. The molecule has 0 spiro atoms. The molecule has 1 unspecified atom stereocenters. The maximum atomic E-state index is 5.76. The van der Waals surface area contributed by atoms with E-state index >= 15 is 0 Å². The molecule has 1 aliphatic heterocycles. The normalized spacial score (nSPS) is 22.4. The van der Waals surface area contributed by atoms with Crippen LogP contribution in [0.2, 0.25) is 0 Å². The summed E-state index contributed by atoms with van der Waals surface area (Å²) in [5.74, 6) is -0.456. The third kappa shape index (κ3) is 2.34. The van der Waals surface area contributed by atoms with Crippen LogP contribution in [0, 0.1) is 0 Å². The minimum atomic E-state index is -0.456. The summed E-state index contributed by atoms with van der Waals surface area (Å²) < 4.78 is 15.7. The van der Waals surface area contributed by atoms with Gasteiger partial charge in [-0.1, -0.05) is 12.1 Å². The van der Waals surface area contributed by atoms with E-state index in [1.807, 2.05) is 32.0 Å². The average molecular weight is 264 g/mol. The Balaban J connectivity index is 1.67. The number of fused-ring (bicyclic) bond motifs is 1. The number of anilines is 1. The molecule has 1 atom stereocenters. The lowest BCUT2D eigenvalue weighted by molar-refractivity contribution is -0.136. The summed E-state index contributed by atoms with van der Waals surface area (Å²) in [5, 5.41) is 5.66. The third-order valence-electron chi connectivity index (χ3n) is 2.94. The van der Waals surface area contributed by atoms with E-state index in [1.54, 1.807) is 0 Å². The molecule has 1 aliphatic rings. The highest BCUT2D eigenvalue weighted by Gasteiger charge is 2.32. The fourth-order valence-electron chi connectivity index (χ4n) is 2.09. The summed E-state index contributed by atoms with van der Waals surface area (Å²) in [6.45, 7) is 5.26. The number of rotatable bonds is 3. The van der Waals surface area contributed by atoms with E-state index in [1.165, 1.54) is 16.9 Å². The Morgan fingerprint density at radius 3 is 3.06 bits per heavy atom. The van der Waals surface area contributed by atoms with Gasteiger partial charge in [0.2, 0.25) is 0 Å². The number of hydrogen-bond acceptors (Lipinski definition) is 5. The van der Waals surface area contributed by atoms with Crippen molar-refractivity contribution in [3.8, 4) is 0 Å². The molecule has 5 heteroatoms. The Morgan fingerprint density at radius 2 is 2.28 bits per heavy atom. The van der Waals surface area contributed by atoms with Crippen LogP contribution in [0.1, 0.15) is 13.8 Å². The lowest BCUT2D eigenvalue weighted by Gasteiger charge is -2.17. The van der Waals surface area contributed by atoms with Crippen molar-refractivity contribution in [2.75, 3.05) is 18.5 Å². The highest BCUT2D eigenvalue weighted by atomic mass is 32.1. The number of nitrogens with zero attached hydrogens (tertiary/aromatic N) is 1. The Kier molecular flexibility index (Phi) is 2.97. The minimum Gasteiger partial charge on any atom is -0.372 e. The SMILES string of the molecule is CC1(C)OCC(CNc2snc3ccccc23)O1. The van der Waals surface area contributed by atoms with Crippen LogP contribution in [0.25, 0.3) is 10.9 Å². The van der Waals surface area contributed by atoms with Gasteiger partial charge in [0, 0.05) is 11.9 Å². The molecule has 18 heavy (non-hydrogen) atoms. The van der Waals surface area contributed by atoms with Gasteiger partial charge >= 0.3 is 0 Å². The third-order valence-corrected chi connectivity index (χ3v) is 3.78. The van der Waals surface area contributed by atoms with Crippen LogP contribution >= 0.6 is 11.5 Å². The molecule has 0 radical (unpaired) electrons. The maximum absolute atomic E-state index is 5.76. The smallest absolute Gasteiger partial charge is 0.163 e. The summed E-state index contributed by atoms with van der Waals surface area (Å²) in [6.07, 6.45) is 0.0980. The van der Waals surface area contributed by atoms with Gasteiger partial charge in [-0.2, -0.15) is 4.37 Å². The molecular weight excluding hydrogens is 248 g/mol. The molecule has 0 bridgehead atoms. The molecule has 0 saturated carbocycles. The van der Waals surface area contributed by atoms with E-state index in [-0.39, 0.29) is 6.10 Å². The van der Waals surface area contributed by atoms with E-state index in [2.05, 4.69) is 15.8 Å². The van der Waals surface area contributed by atoms with Crippen molar-refractivity contribution < 1.29 is 9.47 Å². The predicted octanol–water partition coefficient (Wildman–Crippen LogP) is 2.86. The van der Waals surface area contributed by atoms with Crippen LogP contribution in [0.5, 0.6) is 0 Å². The van der Waals surface area contributed by atoms with Gasteiger partial charge in [0.05, 0.1) is 12.1 Å². The van der Waals surface area contributed by atoms with Crippen molar-refractivity contribution in [2.45, 2.75) is 25.7 Å². The summed E-state index contributed by atoms with van der Waals surface area (Å²) in [4.78, 5) is 0. The number of nitrogens with one attached hydrogen (secondary N) is 1. The van der Waals surface area contributed by atoms with Crippen LogP contribution in [-0.2, 0) is 9.47 Å². The number of benzene rings is 1. The number of hydrogen-bond donors (Lipinski definition) is 1. The molecule has 96 valence electrons. The highest BCUT2D eigenvalue weighted by molar-refractivity contribution is 7.11. The first-order valence-corrected chi connectivity index (χ1v) is 6.81. The van der Waals surface area contributed by atoms with Crippen molar-refractivity contribution in [3.63, 3.8) is 0 Å². The molecule has 2 aromatic rings. The molecule has 2 heterocycles. The van der Waals surface area contributed by atoms with Crippen molar-refractivity contribution >= 4 is 27.4 Å². The second-order valence-electron chi connectivity index (χ2n) is 4.86. The van der Waals surface area contributed by atoms with Crippen molar-refractivity contribution in [3.05, 3.63) is 24.3 Å². The molecule has 1 aromatic heterocycles. The Morgan fingerprint density at radius 1 is 1.44 bits per heavy atom. The molecule has 3 rings (SSSR count). The fourth-order valence-corrected chi connectivity index (χ4v) is 2.85. The van der Waals surface area contributed by atoms with Crippen LogP contribution in [0.15, 0.2) is 24.3 Å². The van der Waals surface area contributed by atoms with E-state index in [0.717, 1.165) is 17.1 Å². The maximum Gasteiger partial charge on any atom is 0.163 e. The van der Waals surface area contributed by atoms with Crippen LogP contribution in [0.3, 0.4) is 0 Å². The van der Waals surface area contributed by atoms with Crippen LogP contribution in [0.4, 0.5) is 5.00 Å². The Labute approximate surface area is 110 Å². The molecule has 1 saturated heterocycles. The first kappa shape index (κ1) is 11.9. The Bertz CT molecular complexity index is 553. The Hall–Kier alpha value is -1.17. The highest BCUT2D eigenvalue weighted by Crippen LogP contribution is 2.28. The topological polar surface area (TPSA) is 43.4 Å². The number of aromatic nitrogens is 1. The zero-order chi connectivity index (χ0) is 12.6. The standard InChI is InChI=1S/C13H16N2O2S/c1-13(2)16-8-9(17-13)7-14-12-10-5-3-4-6-11(10)15-18-12/h3-6,9,14H,7-8H2,1-2H3. The van der Waals surface area contributed by atoms with Gasteiger partial charge in [-0.15, -0.1) is 0 Å². The molecule has 1 aromatic carbocycles. The van der Waals surface area contributed by atoms with Crippen LogP contribution < -0.4 is 5.32 Å². The summed E-state index contributed by atoms with van der Waals surface area (Å²) in [5.41, 5.74) is 1.04. The van der Waals surface area contributed by atoms with Crippen LogP contribution in [-0.4, -0.2) is 29.4 Å². The lowest BCUT2D eigenvalue weighted by atomic mass is 10.2. The molecule has 0 aliphatic carbocycles. The monoisotopic (exact) mass is 264 g/mol. The molecule has 4 nitrogen and oxygen atoms in total. The quantitative estimate of drug-likeness (QED) is 0.925. The average Bonchev–Trinajstić information content (AvgIpc) is 2.90. The van der Waals surface area contributed by atoms with E-state index < -0.39 is 5.79 Å². The van der Waals surface area contributed by atoms with Crippen molar-refractivity contribution in [2.24, 2.45) is 0 Å². The zero-order valence-electron chi connectivity index (χ0n) is 10.5. The first-order chi connectivity index (χ1) is 8.64. The van der Waals surface area contributed by atoms with E-state index in [4.69, 9.17) is 9.47 Å². The van der Waals surface area contributed by atoms with E-state index in [0.29, 0.717) is 6.61 Å². The lowest BCUT2D eigenvalue weighted by Crippen LogP contribution is -2.25. The van der Waals surface area contributed by atoms with Gasteiger partial charge in [0.25, 0.3) is 0 Å². The van der Waals surface area contributed by atoms with Crippen molar-refractivity contribution in [1.29, 1.82) is 0 Å². The fraction of sp³-hybridized carbons (Fsp3) is 0.462. The van der Waals surface area contributed by atoms with Gasteiger partial charge in [-0.3, -0.25) is 0 Å². The first-order valence-electron chi connectivity index (χ1n) is 6.04. The zero-order valence-corrected chi connectivity index (χ0v) is 11.3. The summed E-state index contributed by atoms with van der Waals surface area (Å²) >= 11 is 1.49. The molecular formula is C13H16N2O2S. The van der Waals surface area contributed by atoms with Gasteiger partial charge in [0.15, 0.2) is 5.79 Å². The largest absolute Gasteiger partial charge is 0.372 e. The summed E-state index contributed by atoms with van der Waals surface area (Å²) in [6, 6.07) is 8.13. The van der Waals surface area contributed by atoms with E-state index in [9.17, 15) is 0 Å².